The van der Waals surface area contributed by atoms with Crippen LogP contribution in [0.25, 0.3) is 0 Å². The van der Waals surface area contributed by atoms with Gasteiger partial charge < -0.3 is 4.43 Å². The number of rotatable bonds is 3. The number of Topliss-reactive ketones (excluding diaryl/α,β-unsaturated/α-hetero) is 1. The van der Waals surface area contributed by atoms with E-state index in [1.54, 1.807) is 11.8 Å². The van der Waals surface area contributed by atoms with Crippen LogP contribution in [-0.2, 0) is 9.22 Å². The van der Waals surface area contributed by atoms with Crippen molar-refractivity contribution in [3.05, 3.63) is 0 Å². The van der Waals surface area contributed by atoms with Gasteiger partial charge in [-0.15, -0.1) is 11.8 Å². The molecule has 1 rings (SSSR count). The number of carbonyl (C=O) groups excluding carboxylic acids is 1. The smallest absolute Gasteiger partial charge is 0.194 e. The van der Waals surface area contributed by atoms with Gasteiger partial charge in [0.25, 0.3) is 0 Å². The average Bonchev–Trinajstić information content (AvgIpc) is 2.19. The van der Waals surface area contributed by atoms with E-state index in [4.69, 9.17) is 4.43 Å². The molecular weight excluding hydrogens is 248 g/mol. The van der Waals surface area contributed by atoms with Crippen molar-refractivity contribution in [2.75, 3.05) is 6.26 Å². The lowest BCUT2D eigenvalue weighted by molar-refractivity contribution is -0.130. The minimum atomic E-state index is -1.87. The van der Waals surface area contributed by atoms with E-state index in [1.807, 2.05) is 6.26 Å². The monoisotopic (exact) mass is 274 g/mol. The van der Waals surface area contributed by atoms with Crippen molar-refractivity contribution in [1.29, 1.82) is 0 Å². The SMILES string of the molecule is CSC1(O[Si](C)(C)C(C)(C)C)CCCCC1=O. The molecule has 0 spiro atoms. The number of ketones is 1. The molecule has 0 aromatic heterocycles. The van der Waals surface area contributed by atoms with Crippen LogP contribution in [-0.4, -0.2) is 25.3 Å². The van der Waals surface area contributed by atoms with Crippen LogP contribution >= 0.6 is 11.8 Å². The lowest BCUT2D eigenvalue weighted by atomic mass is 9.96. The summed E-state index contributed by atoms with van der Waals surface area (Å²) in [6.07, 6.45) is 5.73. The fourth-order valence-electron chi connectivity index (χ4n) is 1.90. The largest absolute Gasteiger partial charge is 0.397 e. The molecule has 0 N–H and O–H groups in total. The van der Waals surface area contributed by atoms with Crippen molar-refractivity contribution < 1.29 is 9.22 Å². The summed E-state index contributed by atoms with van der Waals surface area (Å²) in [7, 11) is -1.87. The summed E-state index contributed by atoms with van der Waals surface area (Å²) in [6.45, 7) is 11.1. The van der Waals surface area contributed by atoms with Crippen LogP contribution < -0.4 is 0 Å². The van der Waals surface area contributed by atoms with Crippen molar-refractivity contribution in [2.24, 2.45) is 0 Å². The minimum absolute atomic E-state index is 0.160. The van der Waals surface area contributed by atoms with Crippen molar-refractivity contribution in [3.63, 3.8) is 0 Å². The first-order chi connectivity index (χ1) is 7.65. The zero-order valence-electron chi connectivity index (χ0n) is 12.1. The maximum atomic E-state index is 12.2. The summed E-state index contributed by atoms with van der Waals surface area (Å²) in [5.74, 6) is 0.307. The van der Waals surface area contributed by atoms with E-state index < -0.39 is 13.3 Å². The van der Waals surface area contributed by atoms with Crippen molar-refractivity contribution in [1.82, 2.24) is 0 Å². The Kier molecular flexibility index (Phi) is 4.54. The van der Waals surface area contributed by atoms with Crippen LogP contribution in [0.3, 0.4) is 0 Å². The van der Waals surface area contributed by atoms with Gasteiger partial charge in [-0.2, -0.15) is 0 Å². The van der Waals surface area contributed by atoms with Gasteiger partial charge in [-0.05, 0) is 43.7 Å². The molecule has 1 saturated carbocycles. The minimum Gasteiger partial charge on any atom is -0.397 e. The Labute approximate surface area is 111 Å². The normalized spacial score (nSPS) is 27.3. The highest BCUT2D eigenvalue weighted by molar-refractivity contribution is 8.00. The molecule has 100 valence electrons. The van der Waals surface area contributed by atoms with Gasteiger partial charge in [-0.3, -0.25) is 4.79 Å². The van der Waals surface area contributed by atoms with Gasteiger partial charge in [0, 0.05) is 6.42 Å². The Hall–Kier alpha value is 0.197. The standard InChI is InChI=1S/C13H26O2SSi/c1-12(2,3)17(5,6)15-13(16-4)10-8-7-9-11(13)14/h7-10H2,1-6H3. The Bertz CT molecular complexity index is 296. The van der Waals surface area contributed by atoms with Gasteiger partial charge in [-0.1, -0.05) is 20.8 Å². The molecule has 0 saturated heterocycles. The second kappa shape index (κ2) is 5.06. The van der Waals surface area contributed by atoms with Crippen molar-refractivity contribution in [3.8, 4) is 0 Å². The van der Waals surface area contributed by atoms with E-state index in [1.165, 1.54) is 0 Å². The molecule has 0 heterocycles. The summed E-state index contributed by atoms with van der Waals surface area (Å²) in [4.78, 5) is 11.7. The maximum Gasteiger partial charge on any atom is 0.194 e. The lowest BCUT2D eigenvalue weighted by Gasteiger charge is -2.45. The van der Waals surface area contributed by atoms with Gasteiger partial charge >= 0.3 is 0 Å². The summed E-state index contributed by atoms with van der Waals surface area (Å²) in [6, 6.07) is 0. The molecule has 0 bridgehead atoms. The number of hydrogen-bond acceptors (Lipinski definition) is 3. The first-order valence-corrected chi connectivity index (χ1v) is 10.6. The third kappa shape index (κ3) is 3.15. The first-order valence-electron chi connectivity index (χ1n) is 6.43. The molecule has 0 aromatic carbocycles. The summed E-state index contributed by atoms with van der Waals surface area (Å²) in [5.41, 5.74) is 0. The number of carbonyl (C=O) groups is 1. The predicted octanol–water partition coefficient (Wildman–Crippen LogP) is 4.21. The van der Waals surface area contributed by atoms with E-state index >= 15 is 0 Å². The molecule has 1 aliphatic carbocycles. The van der Waals surface area contributed by atoms with Gasteiger partial charge in [-0.25, -0.2) is 0 Å². The molecule has 1 unspecified atom stereocenters. The molecule has 1 atom stereocenters. The van der Waals surface area contributed by atoms with E-state index in [0.29, 0.717) is 12.2 Å². The first kappa shape index (κ1) is 15.3. The van der Waals surface area contributed by atoms with Gasteiger partial charge in [0.2, 0.25) is 0 Å². The Morgan fingerprint density at radius 3 is 2.29 bits per heavy atom. The Balaban J connectivity index is 2.92. The van der Waals surface area contributed by atoms with Crippen LogP contribution in [0.5, 0.6) is 0 Å². The van der Waals surface area contributed by atoms with E-state index in [9.17, 15) is 4.79 Å². The second-order valence-electron chi connectivity index (χ2n) is 6.45. The average molecular weight is 275 g/mol. The summed E-state index contributed by atoms with van der Waals surface area (Å²) < 4.78 is 6.44. The summed E-state index contributed by atoms with van der Waals surface area (Å²) >= 11 is 1.61. The Morgan fingerprint density at radius 1 is 1.29 bits per heavy atom. The van der Waals surface area contributed by atoms with Gasteiger partial charge in [0.05, 0.1) is 0 Å². The molecule has 0 amide bonds. The predicted molar refractivity (Wildman–Crippen MR) is 78.0 cm³/mol. The van der Waals surface area contributed by atoms with E-state index in [0.717, 1.165) is 19.3 Å². The Morgan fingerprint density at radius 2 is 1.88 bits per heavy atom. The number of hydrogen-bond donors (Lipinski definition) is 0. The van der Waals surface area contributed by atoms with Crippen LogP contribution in [0.15, 0.2) is 0 Å². The lowest BCUT2D eigenvalue weighted by Crippen LogP contribution is -2.52. The van der Waals surface area contributed by atoms with Crippen LogP contribution in [0, 0.1) is 0 Å². The van der Waals surface area contributed by atoms with E-state index in [-0.39, 0.29) is 5.04 Å². The molecule has 0 radical (unpaired) electrons. The van der Waals surface area contributed by atoms with E-state index in [2.05, 4.69) is 33.9 Å². The molecule has 4 heteroatoms. The highest BCUT2D eigenvalue weighted by atomic mass is 32.2. The summed E-state index contributed by atoms with van der Waals surface area (Å²) in [5, 5.41) is 0.160. The third-order valence-electron chi connectivity index (χ3n) is 4.14. The van der Waals surface area contributed by atoms with Crippen LogP contribution in [0.4, 0.5) is 0 Å². The molecule has 0 aliphatic heterocycles. The van der Waals surface area contributed by atoms with Gasteiger partial charge in [0.15, 0.2) is 19.0 Å². The zero-order valence-corrected chi connectivity index (χ0v) is 13.9. The molecule has 1 aliphatic rings. The fourth-order valence-corrected chi connectivity index (χ4v) is 4.89. The fraction of sp³-hybridized carbons (Fsp3) is 0.923. The van der Waals surface area contributed by atoms with Crippen LogP contribution in [0.2, 0.25) is 18.1 Å². The van der Waals surface area contributed by atoms with Gasteiger partial charge in [0.1, 0.15) is 0 Å². The third-order valence-corrected chi connectivity index (χ3v) is 9.93. The molecular formula is C13H26O2SSi. The van der Waals surface area contributed by atoms with Crippen LogP contribution in [0.1, 0.15) is 46.5 Å². The molecule has 0 aromatic rings. The zero-order chi connectivity index (χ0) is 13.3. The highest BCUT2D eigenvalue weighted by Gasteiger charge is 2.48. The second-order valence-corrected chi connectivity index (χ2v) is 12.2. The van der Waals surface area contributed by atoms with Crippen molar-refractivity contribution >= 4 is 25.9 Å². The molecule has 2 nitrogen and oxygen atoms in total. The highest BCUT2D eigenvalue weighted by Crippen LogP contribution is 2.45. The topological polar surface area (TPSA) is 26.3 Å². The van der Waals surface area contributed by atoms with Crippen molar-refractivity contribution in [2.45, 2.75) is 69.5 Å². The molecule has 17 heavy (non-hydrogen) atoms. The quantitative estimate of drug-likeness (QED) is 0.569. The maximum absolute atomic E-state index is 12.2. The number of thioether (sulfide) groups is 1. The molecule has 1 fully saturated rings.